The predicted molar refractivity (Wildman–Crippen MR) is 49.4 cm³/mol. The summed E-state index contributed by atoms with van der Waals surface area (Å²) in [7, 11) is 0. The monoisotopic (exact) mass is 193 g/mol. The van der Waals surface area contributed by atoms with Gasteiger partial charge in [0.2, 0.25) is 0 Å². The number of rotatable bonds is 1. The molecule has 1 aliphatic carbocycles. The molecule has 3 nitrogen and oxygen atoms in total. The molecular formula is C8H16ClNO2. The van der Waals surface area contributed by atoms with E-state index in [4.69, 9.17) is 10.8 Å². The first kappa shape index (κ1) is 11.7. The van der Waals surface area contributed by atoms with Gasteiger partial charge in [-0.2, -0.15) is 0 Å². The SMILES string of the molecule is Cl.N[C@@H]1CCCCC[C@H]1C(=O)O. The predicted octanol–water partition coefficient (Wildman–Crippen LogP) is 1.40. The van der Waals surface area contributed by atoms with Crippen LogP contribution in [0.25, 0.3) is 0 Å². The third kappa shape index (κ3) is 2.99. The first-order valence-corrected chi connectivity index (χ1v) is 4.20. The van der Waals surface area contributed by atoms with Crippen molar-refractivity contribution in [2.45, 2.75) is 38.1 Å². The number of carboxylic acid groups (broad SMARTS) is 1. The van der Waals surface area contributed by atoms with E-state index >= 15 is 0 Å². The summed E-state index contributed by atoms with van der Waals surface area (Å²) in [5.74, 6) is -1.02. The zero-order valence-corrected chi connectivity index (χ0v) is 7.85. The van der Waals surface area contributed by atoms with Crippen LogP contribution in [0, 0.1) is 5.92 Å². The van der Waals surface area contributed by atoms with Crippen molar-refractivity contribution >= 4 is 18.4 Å². The highest BCUT2D eigenvalue weighted by atomic mass is 35.5. The summed E-state index contributed by atoms with van der Waals surface area (Å²) < 4.78 is 0. The van der Waals surface area contributed by atoms with Gasteiger partial charge in [0.25, 0.3) is 0 Å². The molecule has 0 aromatic carbocycles. The van der Waals surface area contributed by atoms with E-state index in [9.17, 15) is 4.79 Å². The quantitative estimate of drug-likeness (QED) is 0.619. The van der Waals surface area contributed by atoms with Crippen LogP contribution in [0.2, 0.25) is 0 Å². The molecule has 2 atom stereocenters. The lowest BCUT2D eigenvalue weighted by molar-refractivity contribution is -0.142. The van der Waals surface area contributed by atoms with Crippen molar-refractivity contribution in [3.05, 3.63) is 0 Å². The van der Waals surface area contributed by atoms with Gasteiger partial charge in [-0.05, 0) is 12.8 Å². The molecule has 0 amide bonds. The van der Waals surface area contributed by atoms with E-state index in [1.54, 1.807) is 0 Å². The van der Waals surface area contributed by atoms with E-state index in [1.807, 2.05) is 0 Å². The number of hydrogen-bond acceptors (Lipinski definition) is 2. The van der Waals surface area contributed by atoms with Gasteiger partial charge in [-0.3, -0.25) is 4.79 Å². The van der Waals surface area contributed by atoms with Crippen LogP contribution in [0.1, 0.15) is 32.1 Å². The Bertz CT molecular complexity index is 152. The molecule has 0 aromatic rings. The summed E-state index contributed by atoms with van der Waals surface area (Å²) in [6, 6.07) is -0.116. The fraction of sp³-hybridized carbons (Fsp3) is 0.875. The maximum atomic E-state index is 10.6. The van der Waals surface area contributed by atoms with Crippen molar-refractivity contribution in [3.63, 3.8) is 0 Å². The van der Waals surface area contributed by atoms with Crippen molar-refractivity contribution < 1.29 is 9.90 Å². The third-order valence-corrected chi connectivity index (χ3v) is 2.39. The van der Waals surface area contributed by atoms with E-state index in [0.29, 0.717) is 0 Å². The molecule has 0 radical (unpaired) electrons. The Hall–Kier alpha value is -0.280. The Morgan fingerprint density at radius 2 is 1.83 bits per heavy atom. The normalized spacial score (nSPS) is 30.1. The van der Waals surface area contributed by atoms with Crippen LogP contribution in [-0.4, -0.2) is 17.1 Å². The molecule has 0 bridgehead atoms. The van der Waals surface area contributed by atoms with Gasteiger partial charge in [0, 0.05) is 6.04 Å². The molecule has 1 fully saturated rings. The Morgan fingerprint density at radius 3 is 2.42 bits per heavy atom. The smallest absolute Gasteiger partial charge is 0.308 e. The average Bonchev–Trinajstić information content (AvgIpc) is 2.13. The van der Waals surface area contributed by atoms with Crippen molar-refractivity contribution in [1.82, 2.24) is 0 Å². The first-order valence-electron chi connectivity index (χ1n) is 4.20. The van der Waals surface area contributed by atoms with Gasteiger partial charge in [0.05, 0.1) is 5.92 Å². The number of carboxylic acids is 1. The fourth-order valence-corrected chi connectivity index (χ4v) is 1.64. The summed E-state index contributed by atoms with van der Waals surface area (Å²) in [4.78, 5) is 10.6. The van der Waals surface area contributed by atoms with Crippen LogP contribution in [0.15, 0.2) is 0 Å². The van der Waals surface area contributed by atoms with Crippen LogP contribution in [0.3, 0.4) is 0 Å². The molecule has 4 heteroatoms. The molecule has 1 rings (SSSR count). The average molecular weight is 194 g/mol. The van der Waals surface area contributed by atoms with Crippen LogP contribution in [0.4, 0.5) is 0 Å². The maximum absolute atomic E-state index is 10.6. The molecule has 0 heterocycles. The van der Waals surface area contributed by atoms with Gasteiger partial charge in [-0.15, -0.1) is 12.4 Å². The first-order chi connectivity index (χ1) is 5.22. The molecule has 0 aliphatic heterocycles. The largest absolute Gasteiger partial charge is 0.481 e. The van der Waals surface area contributed by atoms with Gasteiger partial charge < -0.3 is 10.8 Å². The minimum absolute atomic E-state index is 0. The van der Waals surface area contributed by atoms with Gasteiger partial charge in [-0.1, -0.05) is 19.3 Å². The molecule has 72 valence electrons. The minimum Gasteiger partial charge on any atom is -0.481 e. The summed E-state index contributed by atoms with van der Waals surface area (Å²) in [6.07, 6.45) is 4.88. The molecule has 3 N–H and O–H groups in total. The molecule has 1 saturated carbocycles. The molecule has 0 unspecified atom stereocenters. The van der Waals surface area contributed by atoms with Gasteiger partial charge >= 0.3 is 5.97 Å². The van der Waals surface area contributed by atoms with Crippen LogP contribution in [0.5, 0.6) is 0 Å². The topological polar surface area (TPSA) is 63.3 Å². The van der Waals surface area contributed by atoms with Gasteiger partial charge in [0.1, 0.15) is 0 Å². The number of carbonyl (C=O) groups is 1. The van der Waals surface area contributed by atoms with Crippen LogP contribution < -0.4 is 5.73 Å². The highest BCUT2D eigenvalue weighted by molar-refractivity contribution is 5.85. The molecule has 1 aliphatic rings. The minimum atomic E-state index is -0.723. The van der Waals surface area contributed by atoms with E-state index in [1.165, 1.54) is 0 Å². The van der Waals surface area contributed by atoms with E-state index in [0.717, 1.165) is 32.1 Å². The van der Waals surface area contributed by atoms with Gasteiger partial charge in [-0.25, -0.2) is 0 Å². The highest BCUT2D eigenvalue weighted by Crippen LogP contribution is 2.21. The lowest BCUT2D eigenvalue weighted by atomic mass is 9.96. The third-order valence-electron chi connectivity index (χ3n) is 2.39. The molecule has 12 heavy (non-hydrogen) atoms. The Balaban J connectivity index is 0.00000121. The van der Waals surface area contributed by atoms with Crippen molar-refractivity contribution in [2.75, 3.05) is 0 Å². The van der Waals surface area contributed by atoms with Crippen molar-refractivity contribution in [1.29, 1.82) is 0 Å². The highest BCUT2D eigenvalue weighted by Gasteiger charge is 2.26. The van der Waals surface area contributed by atoms with Gasteiger partial charge in [0.15, 0.2) is 0 Å². The number of aliphatic carboxylic acids is 1. The molecular weight excluding hydrogens is 178 g/mol. The van der Waals surface area contributed by atoms with E-state index in [2.05, 4.69) is 0 Å². The Kier molecular flexibility index (Phi) is 5.25. The maximum Gasteiger partial charge on any atom is 0.308 e. The second kappa shape index (κ2) is 5.38. The van der Waals surface area contributed by atoms with Crippen molar-refractivity contribution in [3.8, 4) is 0 Å². The molecule has 0 aromatic heterocycles. The second-order valence-electron chi connectivity index (χ2n) is 3.25. The zero-order chi connectivity index (χ0) is 8.27. The van der Waals surface area contributed by atoms with Crippen LogP contribution in [-0.2, 0) is 4.79 Å². The summed E-state index contributed by atoms with van der Waals surface area (Å²) in [5, 5.41) is 8.75. The number of hydrogen-bond donors (Lipinski definition) is 2. The molecule has 0 spiro atoms. The number of nitrogens with two attached hydrogens (primary N) is 1. The molecule has 0 saturated heterocycles. The lowest BCUT2D eigenvalue weighted by Gasteiger charge is -2.15. The lowest BCUT2D eigenvalue weighted by Crippen LogP contribution is -2.34. The van der Waals surface area contributed by atoms with E-state index < -0.39 is 5.97 Å². The van der Waals surface area contributed by atoms with E-state index in [-0.39, 0.29) is 24.4 Å². The standard InChI is InChI=1S/C8H15NO2.ClH/c9-7-5-3-1-2-4-6(7)8(10)11;/h6-7H,1-5,9H2,(H,10,11);1H/t6-,7-;/m1./s1. The second-order valence-corrected chi connectivity index (χ2v) is 3.25. The zero-order valence-electron chi connectivity index (χ0n) is 7.03. The Morgan fingerprint density at radius 1 is 1.25 bits per heavy atom. The fourth-order valence-electron chi connectivity index (χ4n) is 1.64. The summed E-state index contributed by atoms with van der Waals surface area (Å²) >= 11 is 0. The van der Waals surface area contributed by atoms with Crippen molar-refractivity contribution in [2.24, 2.45) is 11.7 Å². The van der Waals surface area contributed by atoms with Crippen LogP contribution >= 0.6 is 12.4 Å². The summed E-state index contributed by atoms with van der Waals surface area (Å²) in [5.41, 5.74) is 5.70. The Labute approximate surface area is 78.7 Å². The number of halogens is 1. The summed E-state index contributed by atoms with van der Waals surface area (Å²) in [6.45, 7) is 0.